The molecule has 2 N–H and O–H groups in total. The van der Waals surface area contributed by atoms with Gasteiger partial charge in [0.1, 0.15) is 0 Å². The van der Waals surface area contributed by atoms with Crippen LogP contribution in [0.5, 0.6) is 0 Å². The molecule has 1 aliphatic rings. The van der Waals surface area contributed by atoms with E-state index in [0.717, 1.165) is 6.42 Å². The van der Waals surface area contributed by atoms with Crippen LogP contribution in [-0.2, 0) is 9.53 Å². The third-order valence-electron chi connectivity index (χ3n) is 3.03. The lowest BCUT2D eigenvalue weighted by atomic mass is 10.1. The number of carbonyl (C=O) groups excluding carboxylic acids is 1. The number of ether oxygens (including phenoxy) is 1. The summed E-state index contributed by atoms with van der Waals surface area (Å²) in [7, 11) is 0. The van der Waals surface area contributed by atoms with E-state index in [2.05, 4.69) is 10.5 Å². The first-order valence-electron chi connectivity index (χ1n) is 5.89. The van der Waals surface area contributed by atoms with Gasteiger partial charge in [-0.25, -0.2) is 0 Å². The fourth-order valence-corrected chi connectivity index (χ4v) is 1.94. The van der Waals surface area contributed by atoms with E-state index in [-0.39, 0.29) is 11.8 Å². The number of hydrogen-bond acceptors (Lipinski definition) is 4. The molecule has 1 fully saturated rings. The van der Waals surface area contributed by atoms with E-state index in [4.69, 9.17) is 9.94 Å². The summed E-state index contributed by atoms with van der Waals surface area (Å²) in [6.07, 6.45) is 0.751. The van der Waals surface area contributed by atoms with Gasteiger partial charge in [0, 0.05) is 17.9 Å². The highest BCUT2D eigenvalue weighted by atomic mass is 16.5. The van der Waals surface area contributed by atoms with Crippen LogP contribution in [0.15, 0.2) is 29.4 Å². The number of para-hydroxylation sites is 1. The second-order valence-electron chi connectivity index (χ2n) is 4.28. The predicted molar refractivity (Wildman–Crippen MR) is 68.0 cm³/mol. The molecule has 1 aromatic rings. The third-order valence-corrected chi connectivity index (χ3v) is 3.03. The first-order chi connectivity index (χ1) is 8.72. The number of oxime groups is 1. The van der Waals surface area contributed by atoms with E-state index < -0.39 is 0 Å². The Morgan fingerprint density at radius 1 is 1.50 bits per heavy atom. The summed E-state index contributed by atoms with van der Waals surface area (Å²) in [5.41, 5.74) is 1.84. The molecule has 0 aliphatic carbocycles. The Bertz CT molecular complexity index is 465. The SMILES string of the molecule is CC(=NO)c1ccccc1NC(=O)C1CCOC1. The molecule has 2 rings (SSSR count). The van der Waals surface area contributed by atoms with Gasteiger partial charge in [-0.05, 0) is 19.4 Å². The number of rotatable bonds is 3. The lowest BCUT2D eigenvalue weighted by molar-refractivity contribution is -0.119. The van der Waals surface area contributed by atoms with Gasteiger partial charge in [0.05, 0.1) is 18.2 Å². The standard InChI is InChI=1S/C13H16N2O3/c1-9(15-17)11-4-2-3-5-12(11)14-13(16)10-6-7-18-8-10/h2-5,10,17H,6-8H2,1H3,(H,14,16). The van der Waals surface area contributed by atoms with Crippen molar-refractivity contribution in [2.24, 2.45) is 11.1 Å². The molecule has 5 heteroatoms. The van der Waals surface area contributed by atoms with Crippen molar-refractivity contribution in [3.05, 3.63) is 29.8 Å². The summed E-state index contributed by atoms with van der Waals surface area (Å²) in [4.78, 5) is 12.0. The number of hydrogen-bond donors (Lipinski definition) is 2. The maximum Gasteiger partial charge on any atom is 0.229 e. The van der Waals surface area contributed by atoms with Crippen molar-refractivity contribution in [1.82, 2.24) is 0 Å². The number of benzene rings is 1. The Kier molecular flexibility index (Phi) is 3.94. The van der Waals surface area contributed by atoms with Crippen molar-refractivity contribution < 1.29 is 14.7 Å². The third kappa shape index (κ3) is 2.68. The van der Waals surface area contributed by atoms with Crippen molar-refractivity contribution in [1.29, 1.82) is 0 Å². The van der Waals surface area contributed by atoms with Gasteiger partial charge in [-0.3, -0.25) is 4.79 Å². The van der Waals surface area contributed by atoms with Gasteiger partial charge in [-0.2, -0.15) is 0 Å². The van der Waals surface area contributed by atoms with Crippen molar-refractivity contribution in [3.63, 3.8) is 0 Å². The monoisotopic (exact) mass is 248 g/mol. The Labute approximate surface area is 105 Å². The van der Waals surface area contributed by atoms with Crippen molar-refractivity contribution in [3.8, 4) is 0 Å². The second kappa shape index (κ2) is 5.64. The molecular formula is C13H16N2O3. The number of nitrogens with one attached hydrogen (secondary N) is 1. The smallest absolute Gasteiger partial charge is 0.229 e. The average molecular weight is 248 g/mol. The van der Waals surface area contributed by atoms with Crippen molar-refractivity contribution >= 4 is 17.3 Å². The minimum atomic E-state index is -0.0931. The van der Waals surface area contributed by atoms with E-state index in [9.17, 15) is 4.79 Å². The van der Waals surface area contributed by atoms with Gasteiger partial charge in [0.15, 0.2) is 0 Å². The second-order valence-corrected chi connectivity index (χ2v) is 4.28. The van der Waals surface area contributed by atoms with Gasteiger partial charge in [-0.15, -0.1) is 0 Å². The normalized spacial score (nSPS) is 19.8. The summed E-state index contributed by atoms with van der Waals surface area (Å²) >= 11 is 0. The topological polar surface area (TPSA) is 70.9 Å². The fraction of sp³-hybridized carbons (Fsp3) is 0.385. The zero-order valence-corrected chi connectivity index (χ0v) is 10.2. The molecule has 1 unspecified atom stereocenters. The lowest BCUT2D eigenvalue weighted by Crippen LogP contribution is -2.23. The number of nitrogens with zero attached hydrogens (tertiary/aromatic N) is 1. The summed E-state index contributed by atoms with van der Waals surface area (Å²) in [6, 6.07) is 7.25. The predicted octanol–water partition coefficient (Wildman–Crippen LogP) is 1.86. The van der Waals surface area contributed by atoms with E-state index in [0.29, 0.717) is 30.2 Å². The van der Waals surface area contributed by atoms with Gasteiger partial charge in [-0.1, -0.05) is 23.4 Å². The zero-order chi connectivity index (χ0) is 13.0. The molecule has 1 aliphatic heterocycles. The molecule has 0 spiro atoms. The van der Waals surface area contributed by atoms with Crippen LogP contribution >= 0.6 is 0 Å². The Balaban J connectivity index is 2.15. The number of carbonyl (C=O) groups is 1. The molecule has 1 atom stereocenters. The molecule has 1 amide bonds. The number of amides is 1. The molecule has 0 saturated carbocycles. The Morgan fingerprint density at radius 2 is 2.28 bits per heavy atom. The molecule has 1 heterocycles. The van der Waals surface area contributed by atoms with Crippen LogP contribution in [0.3, 0.4) is 0 Å². The molecule has 18 heavy (non-hydrogen) atoms. The molecule has 1 aromatic carbocycles. The van der Waals surface area contributed by atoms with E-state index in [1.54, 1.807) is 19.1 Å². The molecule has 5 nitrogen and oxygen atoms in total. The minimum Gasteiger partial charge on any atom is -0.411 e. The van der Waals surface area contributed by atoms with Gasteiger partial charge in [0.25, 0.3) is 0 Å². The summed E-state index contributed by atoms with van der Waals surface area (Å²) in [6.45, 7) is 2.79. The van der Waals surface area contributed by atoms with Crippen LogP contribution in [0.4, 0.5) is 5.69 Å². The summed E-state index contributed by atoms with van der Waals surface area (Å²) in [5.74, 6) is -0.143. The van der Waals surface area contributed by atoms with Crippen LogP contribution in [0.1, 0.15) is 18.9 Å². The molecule has 0 aromatic heterocycles. The molecular weight excluding hydrogens is 232 g/mol. The zero-order valence-electron chi connectivity index (χ0n) is 10.2. The number of anilines is 1. The minimum absolute atomic E-state index is 0.0503. The first-order valence-corrected chi connectivity index (χ1v) is 5.89. The molecule has 0 bridgehead atoms. The van der Waals surface area contributed by atoms with Gasteiger partial charge < -0.3 is 15.3 Å². The Morgan fingerprint density at radius 3 is 2.94 bits per heavy atom. The van der Waals surface area contributed by atoms with E-state index in [1.165, 1.54) is 0 Å². The summed E-state index contributed by atoms with van der Waals surface area (Å²) in [5, 5.41) is 14.8. The van der Waals surface area contributed by atoms with E-state index in [1.807, 2.05) is 12.1 Å². The maximum atomic E-state index is 12.0. The van der Waals surface area contributed by atoms with Crippen LogP contribution < -0.4 is 5.32 Å². The van der Waals surface area contributed by atoms with Crippen LogP contribution in [0, 0.1) is 5.92 Å². The quantitative estimate of drug-likeness (QED) is 0.487. The van der Waals surface area contributed by atoms with Crippen LogP contribution in [-0.4, -0.2) is 30.0 Å². The highest BCUT2D eigenvalue weighted by molar-refractivity contribution is 6.06. The highest BCUT2D eigenvalue weighted by Gasteiger charge is 2.24. The largest absolute Gasteiger partial charge is 0.411 e. The fourth-order valence-electron chi connectivity index (χ4n) is 1.94. The van der Waals surface area contributed by atoms with Gasteiger partial charge in [0.2, 0.25) is 5.91 Å². The van der Waals surface area contributed by atoms with Crippen molar-refractivity contribution in [2.75, 3.05) is 18.5 Å². The van der Waals surface area contributed by atoms with Gasteiger partial charge >= 0.3 is 0 Å². The summed E-state index contributed by atoms with van der Waals surface area (Å²) < 4.78 is 5.19. The first kappa shape index (κ1) is 12.6. The molecule has 0 radical (unpaired) electrons. The van der Waals surface area contributed by atoms with Crippen LogP contribution in [0.25, 0.3) is 0 Å². The molecule has 96 valence electrons. The highest BCUT2D eigenvalue weighted by Crippen LogP contribution is 2.19. The Hall–Kier alpha value is -1.88. The lowest BCUT2D eigenvalue weighted by Gasteiger charge is -2.12. The van der Waals surface area contributed by atoms with Crippen LogP contribution in [0.2, 0.25) is 0 Å². The van der Waals surface area contributed by atoms with E-state index >= 15 is 0 Å². The average Bonchev–Trinajstić information content (AvgIpc) is 2.92. The van der Waals surface area contributed by atoms with Crippen molar-refractivity contribution in [2.45, 2.75) is 13.3 Å². The molecule has 1 saturated heterocycles. The maximum absolute atomic E-state index is 12.0.